The van der Waals surface area contributed by atoms with Crippen molar-refractivity contribution < 1.29 is 9.90 Å². The molecule has 0 aliphatic rings. The van der Waals surface area contributed by atoms with Crippen LogP contribution in [0.25, 0.3) is 0 Å². The Morgan fingerprint density at radius 2 is 1.94 bits per heavy atom. The number of aliphatic carboxylic acids is 1. The molecule has 1 aromatic rings. The molecule has 0 fully saturated rings. The quantitative estimate of drug-likeness (QED) is 0.797. The minimum absolute atomic E-state index is 0.176. The lowest BCUT2D eigenvalue weighted by Gasteiger charge is -2.09. The van der Waals surface area contributed by atoms with Crippen molar-refractivity contribution in [3.05, 3.63) is 35.4 Å². The molecule has 0 bridgehead atoms. The van der Waals surface area contributed by atoms with Crippen molar-refractivity contribution in [2.45, 2.75) is 39.5 Å². The van der Waals surface area contributed by atoms with Crippen molar-refractivity contribution in [1.29, 1.82) is 0 Å². The smallest absolute Gasteiger partial charge is 0.306 e. The monoisotopic (exact) mass is 220 g/mol. The van der Waals surface area contributed by atoms with Gasteiger partial charge in [0.05, 0.1) is 5.92 Å². The van der Waals surface area contributed by atoms with Crippen molar-refractivity contribution >= 4 is 5.97 Å². The summed E-state index contributed by atoms with van der Waals surface area (Å²) in [7, 11) is 0. The van der Waals surface area contributed by atoms with Crippen molar-refractivity contribution in [3.8, 4) is 0 Å². The standard InChI is InChI=1S/C14H20O2/c1-3-13(14(15)16)6-4-5-12-9-7-11(2)8-10-12/h7-10,13H,3-6H2,1-2H3,(H,15,16). The van der Waals surface area contributed by atoms with Gasteiger partial charge in [-0.15, -0.1) is 0 Å². The zero-order valence-electron chi connectivity index (χ0n) is 10.1. The molecule has 1 atom stereocenters. The number of carboxylic acid groups (broad SMARTS) is 1. The number of aryl methyl sites for hydroxylation is 2. The first-order valence-corrected chi connectivity index (χ1v) is 5.91. The Morgan fingerprint density at radius 1 is 1.31 bits per heavy atom. The van der Waals surface area contributed by atoms with Crippen LogP contribution in [0, 0.1) is 12.8 Å². The molecule has 1 N–H and O–H groups in total. The van der Waals surface area contributed by atoms with Gasteiger partial charge in [-0.3, -0.25) is 4.79 Å². The summed E-state index contributed by atoms with van der Waals surface area (Å²) in [6.07, 6.45) is 3.43. The van der Waals surface area contributed by atoms with Crippen molar-refractivity contribution in [3.63, 3.8) is 0 Å². The first-order valence-electron chi connectivity index (χ1n) is 5.91. The Morgan fingerprint density at radius 3 is 2.44 bits per heavy atom. The van der Waals surface area contributed by atoms with Gasteiger partial charge in [0.2, 0.25) is 0 Å². The summed E-state index contributed by atoms with van der Waals surface area (Å²) >= 11 is 0. The minimum Gasteiger partial charge on any atom is -0.481 e. The summed E-state index contributed by atoms with van der Waals surface area (Å²) in [4.78, 5) is 10.8. The molecule has 0 amide bonds. The number of rotatable bonds is 6. The Labute approximate surface area is 97.3 Å². The molecule has 0 heterocycles. The van der Waals surface area contributed by atoms with Gasteiger partial charge >= 0.3 is 5.97 Å². The van der Waals surface area contributed by atoms with E-state index in [9.17, 15) is 4.79 Å². The number of carbonyl (C=O) groups is 1. The zero-order chi connectivity index (χ0) is 12.0. The highest BCUT2D eigenvalue weighted by Crippen LogP contribution is 2.14. The van der Waals surface area contributed by atoms with E-state index < -0.39 is 5.97 Å². The van der Waals surface area contributed by atoms with Gasteiger partial charge in [-0.1, -0.05) is 36.8 Å². The van der Waals surface area contributed by atoms with Crippen molar-refractivity contribution in [2.75, 3.05) is 0 Å². The van der Waals surface area contributed by atoms with Crippen LogP contribution in [0.4, 0.5) is 0 Å². The van der Waals surface area contributed by atoms with E-state index in [0.717, 1.165) is 25.7 Å². The van der Waals surface area contributed by atoms with Crippen LogP contribution < -0.4 is 0 Å². The van der Waals surface area contributed by atoms with Crippen LogP contribution in [0.15, 0.2) is 24.3 Å². The first-order chi connectivity index (χ1) is 7.63. The molecule has 16 heavy (non-hydrogen) atoms. The van der Waals surface area contributed by atoms with Gasteiger partial charge in [-0.25, -0.2) is 0 Å². The summed E-state index contributed by atoms with van der Waals surface area (Å²) in [5.41, 5.74) is 2.56. The SMILES string of the molecule is CCC(CCCc1ccc(C)cc1)C(=O)O. The fourth-order valence-electron chi connectivity index (χ4n) is 1.81. The van der Waals surface area contributed by atoms with E-state index in [1.807, 2.05) is 6.92 Å². The van der Waals surface area contributed by atoms with Gasteiger partial charge in [-0.05, 0) is 38.2 Å². The fourth-order valence-corrected chi connectivity index (χ4v) is 1.81. The van der Waals surface area contributed by atoms with Crippen LogP contribution in [-0.2, 0) is 11.2 Å². The molecule has 2 nitrogen and oxygen atoms in total. The summed E-state index contributed by atoms with van der Waals surface area (Å²) in [5, 5.41) is 8.91. The number of hydrogen-bond donors (Lipinski definition) is 1. The molecule has 1 rings (SSSR count). The molecule has 1 unspecified atom stereocenters. The molecule has 2 heteroatoms. The predicted molar refractivity (Wildman–Crippen MR) is 65.5 cm³/mol. The normalized spacial score (nSPS) is 12.4. The van der Waals surface area contributed by atoms with Crippen molar-refractivity contribution in [1.82, 2.24) is 0 Å². The Bertz CT molecular complexity index is 327. The molecule has 0 radical (unpaired) electrons. The summed E-state index contributed by atoms with van der Waals surface area (Å²) < 4.78 is 0. The number of hydrogen-bond acceptors (Lipinski definition) is 1. The van der Waals surface area contributed by atoms with Gasteiger partial charge in [0.25, 0.3) is 0 Å². The third kappa shape index (κ3) is 4.05. The van der Waals surface area contributed by atoms with Crippen LogP contribution >= 0.6 is 0 Å². The molecule has 0 aliphatic heterocycles. The average Bonchev–Trinajstić information content (AvgIpc) is 2.26. The van der Waals surface area contributed by atoms with Crippen LogP contribution in [0.5, 0.6) is 0 Å². The maximum atomic E-state index is 10.8. The molecule has 0 spiro atoms. The Balaban J connectivity index is 2.35. The van der Waals surface area contributed by atoms with E-state index in [1.165, 1.54) is 11.1 Å². The topological polar surface area (TPSA) is 37.3 Å². The van der Waals surface area contributed by atoms with E-state index in [0.29, 0.717) is 0 Å². The number of carboxylic acids is 1. The van der Waals surface area contributed by atoms with Crippen LogP contribution in [0.2, 0.25) is 0 Å². The minimum atomic E-state index is -0.661. The van der Waals surface area contributed by atoms with Gasteiger partial charge < -0.3 is 5.11 Å². The summed E-state index contributed by atoms with van der Waals surface area (Å²) in [5.74, 6) is -0.836. The molecule has 0 aromatic heterocycles. The highest BCUT2D eigenvalue weighted by atomic mass is 16.4. The summed E-state index contributed by atoms with van der Waals surface area (Å²) in [6, 6.07) is 8.45. The Kier molecular flexibility index (Phi) is 5.03. The molecule has 0 aliphatic carbocycles. The lowest BCUT2D eigenvalue weighted by Crippen LogP contribution is -2.12. The molecule has 0 saturated carbocycles. The van der Waals surface area contributed by atoms with E-state index in [-0.39, 0.29) is 5.92 Å². The lowest BCUT2D eigenvalue weighted by molar-refractivity contribution is -0.142. The highest BCUT2D eigenvalue weighted by molar-refractivity contribution is 5.69. The van der Waals surface area contributed by atoms with E-state index in [2.05, 4.69) is 31.2 Å². The van der Waals surface area contributed by atoms with Gasteiger partial charge in [0.15, 0.2) is 0 Å². The maximum absolute atomic E-state index is 10.8. The fraction of sp³-hybridized carbons (Fsp3) is 0.500. The molecule has 1 aromatic carbocycles. The predicted octanol–water partition coefficient (Wildman–Crippen LogP) is 3.43. The van der Waals surface area contributed by atoms with Gasteiger partial charge in [-0.2, -0.15) is 0 Å². The number of benzene rings is 1. The second-order valence-corrected chi connectivity index (χ2v) is 4.32. The molecular formula is C14H20O2. The third-order valence-electron chi connectivity index (χ3n) is 2.98. The first kappa shape index (κ1) is 12.8. The second kappa shape index (κ2) is 6.31. The molecule has 0 saturated heterocycles. The molecule has 88 valence electrons. The van der Waals surface area contributed by atoms with E-state index in [4.69, 9.17) is 5.11 Å². The maximum Gasteiger partial charge on any atom is 0.306 e. The lowest BCUT2D eigenvalue weighted by atomic mass is 9.97. The van der Waals surface area contributed by atoms with Crippen LogP contribution in [0.3, 0.4) is 0 Å². The highest BCUT2D eigenvalue weighted by Gasteiger charge is 2.13. The van der Waals surface area contributed by atoms with Crippen LogP contribution in [-0.4, -0.2) is 11.1 Å². The van der Waals surface area contributed by atoms with Gasteiger partial charge in [0.1, 0.15) is 0 Å². The zero-order valence-corrected chi connectivity index (χ0v) is 10.1. The van der Waals surface area contributed by atoms with E-state index in [1.54, 1.807) is 0 Å². The largest absolute Gasteiger partial charge is 0.481 e. The van der Waals surface area contributed by atoms with E-state index >= 15 is 0 Å². The summed E-state index contributed by atoms with van der Waals surface area (Å²) in [6.45, 7) is 4.01. The third-order valence-corrected chi connectivity index (χ3v) is 2.98. The Hall–Kier alpha value is -1.31. The van der Waals surface area contributed by atoms with Crippen molar-refractivity contribution in [2.24, 2.45) is 5.92 Å². The molecular weight excluding hydrogens is 200 g/mol. The second-order valence-electron chi connectivity index (χ2n) is 4.32. The average molecular weight is 220 g/mol. The van der Waals surface area contributed by atoms with Crippen LogP contribution in [0.1, 0.15) is 37.3 Å². The van der Waals surface area contributed by atoms with Gasteiger partial charge in [0, 0.05) is 0 Å².